The molecule has 1 aromatic heterocycles. The molecule has 146 valence electrons. The molecule has 0 saturated carbocycles. The first-order valence-corrected chi connectivity index (χ1v) is 11.4. The number of nitrogens with zero attached hydrogens (tertiary/aromatic N) is 3. The van der Waals surface area contributed by atoms with Gasteiger partial charge in [0.2, 0.25) is 11.8 Å². The zero-order valence-electron chi connectivity index (χ0n) is 15.8. The Hall–Kier alpha value is -1.87. The lowest BCUT2D eigenvalue weighted by atomic mass is 10.1. The van der Waals surface area contributed by atoms with Crippen LogP contribution in [-0.2, 0) is 14.6 Å². The summed E-state index contributed by atoms with van der Waals surface area (Å²) in [5.41, 5.74) is 3.16. The van der Waals surface area contributed by atoms with Crippen molar-refractivity contribution in [1.82, 2.24) is 15.1 Å². The third-order valence-corrected chi connectivity index (χ3v) is 7.56. The van der Waals surface area contributed by atoms with Crippen LogP contribution in [0.1, 0.15) is 24.5 Å². The number of hydrogen-bond donors (Lipinski definition) is 0. The molecule has 0 spiro atoms. The number of benzene rings is 1. The molecule has 9 heteroatoms. The van der Waals surface area contributed by atoms with E-state index in [0.29, 0.717) is 17.5 Å². The molecule has 2 heterocycles. The number of aromatic nitrogens is 2. The molecule has 1 amide bonds. The van der Waals surface area contributed by atoms with Crippen LogP contribution in [0.3, 0.4) is 0 Å². The molecule has 2 atom stereocenters. The van der Waals surface area contributed by atoms with Crippen molar-refractivity contribution in [2.45, 2.75) is 43.7 Å². The second kappa shape index (κ2) is 7.63. The van der Waals surface area contributed by atoms with Crippen LogP contribution in [0.5, 0.6) is 0 Å². The van der Waals surface area contributed by atoms with E-state index in [0.717, 1.165) is 11.1 Å². The van der Waals surface area contributed by atoms with Gasteiger partial charge in [0.05, 0.1) is 16.8 Å². The highest BCUT2D eigenvalue weighted by Gasteiger charge is 2.34. The van der Waals surface area contributed by atoms with Gasteiger partial charge in [-0.3, -0.25) is 4.79 Å². The Kier molecular flexibility index (Phi) is 5.62. The van der Waals surface area contributed by atoms with Crippen LogP contribution in [0, 0.1) is 13.8 Å². The van der Waals surface area contributed by atoms with Gasteiger partial charge in [-0.1, -0.05) is 17.8 Å². The highest BCUT2D eigenvalue weighted by molar-refractivity contribution is 8.00. The van der Waals surface area contributed by atoms with E-state index in [2.05, 4.69) is 10.2 Å². The summed E-state index contributed by atoms with van der Waals surface area (Å²) in [6.07, 6.45) is 0.486. The van der Waals surface area contributed by atoms with E-state index < -0.39 is 15.1 Å². The summed E-state index contributed by atoms with van der Waals surface area (Å²) in [6.45, 7) is 5.81. The van der Waals surface area contributed by atoms with Gasteiger partial charge in [0, 0.05) is 18.7 Å². The van der Waals surface area contributed by atoms with Gasteiger partial charge in [-0.2, -0.15) is 0 Å². The predicted octanol–water partition coefficient (Wildman–Crippen LogP) is 2.48. The summed E-state index contributed by atoms with van der Waals surface area (Å²) < 4.78 is 29.0. The summed E-state index contributed by atoms with van der Waals surface area (Å²) in [5.74, 6) is 0.438. The van der Waals surface area contributed by atoms with Gasteiger partial charge in [0.15, 0.2) is 9.84 Å². The molecule has 0 bridgehead atoms. The number of amides is 1. The monoisotopic (exact) mass is 409 g/mol. The maximum Gasteiger partial charge on any atom is 0.277 e. The Bertz CT molecular complexity index is 955. The molecule has 0 N–H and O–H groups in total. The SMILES string of the molecule is Cc1ccc(-c2nnc(S[C@@H](C)C(=O)N(C)[C@@H]3CCS(=O)(=O)C3)o2)cc1C. The van der Waals surface area contributed by atoms with Crippen LogP contribution in [0.4, 0.5) is 0 Å². The minimum absolute atomic E-state index is 0.0319. The second-order valence-electron chi connectivity index (χ2n) is 6.94. The van der Waals surface area contributed by atoms with Gasteiger partial charge in [-0.25, -0.2) is 8.42 Å². The maximum absolute atomic E-state index is 12.6. The fourth-order valence-electron chi connectivity index (χ4n) is 3.00. The van der Waals surface area contributed by atoms with Crippen molar-refractivity contribution in [3.8, 4) is 11.5 Å². The highest BCUT2D eigenvalue weighted by atomic mass is 32.2. The Morgan fingerprint density at radius 1 is 1.30 bits per heavy atom. The summed E-state index contributed by atoms with van der Waals surface area (Å²) >= 11 is 1.18. The summed E-state index contributed by atoms with van der Waals surface area (Å²) in [7, 11) is -1.38. The quantitative estimate of drug-likeness (QED) is 0.700. The molecule has 27 heavy (non-hydrogen) atoms. The van der Waals surface area contributed by atoms with Crippen molar-refractivity contribution in [3.05, 3.63) is 29.3 Å². The topological polar surface area (TPSA) is 93.4 Å². The average Bonchev–Trinajstić information content (AvgIpc) is 3.22. The number of hydrogen-bond acceptors (Lipinski definition) is 7. The van der Waals surface area contributed by atoms with Gasteiger partial charge in [-0.05, 0) is 50.5 Å². The van der Waals surface area contributed by atoms with Crippen LogP contribution in [0.15, 0.2) is 27.8 Å². The number of carbonyl (C=O) groups is 1. The lowest BCUT2D eigenvalue weighted by Crippen LogP contribution is -2.41. The number of sulfone groups is 1. The summed E-state index contributed by atoms with van der Waals surface area (Å²) in [6, 6.07) is 5.64. The van der Waals surface area contributed by atoms with Gasteiger partial charge >= 0.3 is 0 Å². The smallest absolute Gasteiger partial charge is 0.277 e. The van der Waals surface area contributed by atoms with Gasteiger partial charge in [-0.15, -0.1) is 10.2 Å². The Labute approximate surface area is 163 Å². The largest absolute Gasteiger partial charge is 0.411 e. The summed E-state index contributed by atoms with van der Waals surface area (Å²) in [5, 5.41) is 7.96. The minimum Gasteiger partial charge on any atom is -0.411 e. The first-order valence-electron chi connectivity index (χ1n) is 8.71. The van der Waals surface area contributed by atoms with E-state index in [1.807, 2.05) is 32.0 Å². The van der Waals surface area contributed by atoms with E-state index in [-0.39, 0.29) is 23.5 Å². The molecule has 0 aliphatic carbocycles. The van der Waals surface area contributed by atoms with Gasteiger partial charge < -0.3 is 9.32 Å². The Morgan fingerprint density at radius 2 is 2.04 bits per heavy atom. The molecule has 7 nitrogen and oxygen atoms in total. The van der Waals surface area contributed by atoms with Crippen molar-refractivity contribution in [1.29, 1.82) is 0 Å². The lowest BCUT2D eigenvalue weighted by molar-refractivity contribution is -0.130. The van der Waals surface area contributed by atoms with E-state index in [9.17, 15) is 13.2 Å². The van der Waals surface area contributed by atoms with Crippen LogP contribution >= 0.6 is 11.8 Å². The first-order chi connectivity index (χ1) is 12.7. The Morgan fingerprint density at radius 3 is 2.67 bits per heavy atom. The molecule has 1 aliphatic heterocycles. The van der Waals surface area contributed by atoms with Gasteiger partial charge in [0.1, 0.15) is 0 Å². The fraction of sp³-hybridized carbons (Fsp3) is 0.500. The zero-order chi connectivity index (χ0) is 19.8. The van der Waals surface area contributed by atoms with Crippen LogP contribution in [0.25, 0.3) is 11.5 Å². The van der Waals surface area contributed by atoms with Gasteiger partial charge in [0.25, 0.3) is 5.22 Å². The fourth-order valence-corrected chi connectivity index (χ4v) is 5.56. The highest BCUT2D eigenvalue weighted by Crippen LogP contribution is 2.28. The molecule has 0 radical (unpaired) electrons. The molecular weight excluding hydrogens is 386 g/mol. The van der Waals surface area contributed by atoms with Crippen molar-refractivity contribution in [2.24, 2.45) is 0 Å². The van der Waals surface area contributed by atoms with Crippen LogP contribution < -0.4 is 0 Å². The van der Waals surface area contributed by atoms with Crippen molar-refractivity contribution in [3.63, 3.8) is 0 Å². The lowest BCUT2D eigenvalue weighted by Gasteiger charge is -2.25. The summed E-state index contributed by atoms with van der Waals surface area (Å²) in [4.78, 5) is 14.2. The molecule has 2 aromatic rings. The molecule has 1 aromatic carbocycles. The average molecular weight is 410 g/mol. The second-order valence-corrected chi connectivity index (χ2v) is 10.5. The normalized spacial score (nSPS) is 19.8. The standard InChI is InChI=1S/C18H23N3O4S2/c1-11-5-6-14(9-12(11)2)16-19-20-18(25-16)26-13(3)17(22)21(4)15-7-8-27(23,24)10-15/h5-6,9,13,15H,7-8,10H2,1-4H3/t13-,15+/m0/s1. The van der Waals surface area contributed by atoms with Crippen molar-refractivity contribution < 1.29 is 17.6 Å². The van der Waals surface area contributed by atoms with E-state index in [4.69, 9.17) is 4.42 Å². The van der Waals surface area contributed by atoms with E-state index in [1.165, 1.54) is 22.2 Å². The van der Waals surface area contributed by atoms with Crippen molar-refractivity contribution >= 4 is 27.5 Å². The third kappa shape index (κ3) is 4.52. The minimum atomic E-state index is -3.03. The molecule has 1 fully saturated rings. The first kappa shape index (κ1) is 19.9. The molecule has 1 aliphatic rings. The van der Waals surface area contributed by atoms with E-state index in [1.54, 1.807) is 14.0 Å². The molecular formula is C18H23N3O4S2. The molecule has 3 rings (SSSR count). The number of thioether (sulfide) groups is 1. The van der Waals surface area contributed by atoms with Crippen LogP contribution in [-0.4, -0.2) is 59.3 Å². The third-order valence-electron chi connectivity index (χ3n) is 4.89. The molecule has 0 unspecified atom stereocenters. The number of aryl methyl sites for hydroxylation is 2. The number of rotatable bonds is 5. The zero-order valence-corrected chi connectivity index (χ0v) is 17.4. The molecule has 1 saturated heterocycles. The van der Waals surface area contributed by atoms with Crippen molar-refractivity contribution in [2.75, 3.05) is 18.6 Å². The predicted molar refractivity (Wildman–Crippen MR) is 104 cm³/mol. The van der Waals surface area contributed by atoms with E-state index >= 15 is 0 Å². The maximum atomic E-state index is 12.6. The number of carbonyl (C=O) groups excluding carboxylic acids is 1. The Balaban J connectivity index is 1.65. The van der Waals surface area contributed by atoms with Crippen LogP contribution in [0.2, 0.25) is 0 Å².